The Kier molecular flexibility index (Phi) is 6.80. The van der Waals surface area contributed by atoms with Crippen LogP contribution in [0.25, 0.3) is 11.3 Å². The SMILES string of the molecule is COc1cc(C#N)ccc1Oc1nnc(-c2ccc(C#N)cc2)c(C)c1C(=O)N=C1C=CC=[N+](O)C1. The standard InChI is InChI=1S/C26H19N6O4/c1-16-23(25(33)29-20-4-3-11-32(34)15-20)26(36-21-10-7-18(14-28)12-22(21)35-2)31-30-24(16)19-8-5-17(13-27)6-9-19/h3-12,34H,15H2,1-2H3/q+1. The number of hydroxylamine groups is 1. The second-order valence-electron chi connectivity index (χ2n) is 7.64. The lowest BCUT2D eigenvalue weighted by Gasteiger charge is -2.15. The maximum atomic E-state index is 13.4. The molecule has 1 aliphatic heterocycles. The molecule has 0 saturated heterocycles. The Labute approximate surface area is 206 Å². The third-order valence-electron chi connectivity index (χ3n) is 5.30. The first-order valence-corrected chi connectivity index (χ1v) is 10.7. The normalized spacial score (nSPS) is 13.4. The van der Waals surface area contributed by atoms with Crippen molar-refractivity contribution in [2.75, 3.05) is 13.7 Å². The number of benzene rings is 2. The summed E-state index contributed by atoms with van der Waals surface area (Å²) in [6, 6.07) is 15.4. The van der Waals surface area contributed by atoms with Crippen molar-refractivity contribution in [1.29, 1.82) is 10.5 Å². The average Bonchev–Trinajstić information content (AvgIpc) is 2.89. The van der Waals surface area contributed by atoms with Crippen LogP contribution in [0.3, 0.4) is 0 Å². The highest BCUT2D eigenvalue weighted by Crippen LogP contribution is 2.35. The van der Waals surface area contributed by atoms with Crippen molar-refractivity contribution >= 4 is 17.8 Å². The van der Waals surface area contributed by atoms with Crippen LogP contribution in [-0.4, -0.2) is 51.6 Å². The van der Waals surface area contributed by atoms with Crippen molar-refractivity contribution in [1.82, 2.24) is 10.2 Å². The van der Waals surface area contributed by atoms with Crippen molar-refractivity contribution in [2.24, 2.45) is 4.99 Å². The predicted octanol–water partition coefficient (Wildman–Crippen LogP) is 3.62. The molecular weight excluding hydrogens is 460 g/mol. The molecule has 10 heteroatoms. The molecule has 10 nitrogen and oxygen atoms in total. The van der Waals surface area contributed by atoms with Crippen LogP contribution < -0.4 is 9.47 Å². The first-order chi connectivity index (χ1) is 17.4. The van der Waals surface area contributed by atoms with Crippen molar-refractivity contribution < 1.29 is 24.2 Å². The van der Waals surface area contributed by atoms with E-state index in [9.17, 15) is 10.0 Å². The second-order valence-corrected chi connectivity index (χ2v) is 7.64. The summed E-state index contributed by atoms with van der Waals surface area (Å²) in [6.07, 6.45) is 4.62. The number of aromatic nitrogens is 2. The van der Waals surface area contributed by atoms with E-state index < -0.39 is 5.91 Å². The van der Waals surface area contributed by atoms with Gasteiger partial charge in [0, 0.05) is 17.7 Å². The van der Waals surface area contributed by atoms with E-state index in [1.807, 2.05) is 6.07 Å². The van der Waals surface area contributed by atoms with Crippen LogP contribution in [0.1, 0.15) is 27.0 Å². The lowest BCUT2D eigenvalue weighted by molar-refractivity contribution is -0.761. The van der Waals surface area contributed by atoms with Crippen LogP contribution in [-0.2, 0) is 0 Å². The van der Waals surface area contributed by atoms with E-state index in [1.165, 1.54) is 25.5 Å². The van der Waals surface area contributed by atoms with Gasteiger partial charge < -0.3 is 9.47 Å². The molecule has 36 heavy (non-hydrogen) atoms. The summed E-state index contributed by atoms with van der Waals surface area (Å²) in [7, 11) is 1.43. The van der Waals surface area contributed by atoms with Gasteiger partial charge in [0.05, 0.1) is 36.1 Å². The monoisotopic (exact) mass is 479 g/mol. The minimum Gasteiger partial charge on any atom is -0.493 e. The van der Waals surface area contributed by atoms with Crippen LogP contribution >= 0.6 is 0 Å². The molecule has 1 aliphatic rings. The van der Waals surface area contributed by atoms with Gasteiger partial charge in [-0.2, -0.15) is 10.5 Å². The highest BCUT2D eigenvalue weighted by molar-refractivity contribution is 6.11. The molecule has 2 aromatic carbocycles. The number of methoxy groups -OCH3 is 1. The summed E-state index contributed by atoms with van der Waals surface area (Å²) in [6.45, 7) is 1.73. The third kappa shape index (κ3) is 4.93. The number of carbonyl (C=O) groups excluding carboxylic acids is 1. The van der Waals surface area contributed by atoms with Gasteiger partial charge in [0.25, 0.3) is 11.8 Å². The molecule has 4 rings (SSSR count). The van der Waals surface area contributed by atoms with Crippen LogP contribution in [0.2, 0.25) is 0 Å². The molecule has 0 atom stereocenters. The molecule has 176 valence electrons. The number of rotatable bonds is 5. The summed E-state index contributed by atoms with van der Waals surface area (Å²) >= 11 is 0. The molecule has 1 N–H and O–H groups in total. The Morgan fingerprint density at radius 3 is 2.47 bits per heavy atom. The van der Waals surface area contributed by atoms with E-state index >= 15 is 0 Å². The predicted molar refractivity (Wildman–Crippen MR) is 129 cm³/mol. The van der Waals surface area contributed by atoms with Gasteiger partial charge in [0.2, 0.25) is 12.8 Å². The van der Waals surface area contributed by atoms with Crippen molar-refractivity contribution in [2.45, 2.75) is 6.92 Å². The van der Waals surface area contributed by atoms with Gasteiger partial charge >= 0.3 is 0 Å². The molecule has 0 aliphatic carbocycles. The minimum atomic E-state index is -0.644. The Morgan fingerprint density at radius 1 is 1.08 bits per heavy atom. The number of hydrogen-bond donors (Lipinski definition) is 1. The van der Waals surface area contributed by atoms with Crippen LogP contribution in [0.5, 0.6) is 17.4 Å². The molecule has 3 aromatic rings. The molecule has 1 amide bonds. The number of ether oxygens (including phenoxy) is 2. The highest BCUT2D eigenvalue weighted by Gasteiger charge is 2.24. The molecule has 2 heterocycles. The van der Waals surface area contributed by atoms with Crippen molar-refractivity contribution in [3.8, 4) is 40.8 Å². The summed E-state index contributed by atoms with van der Waals surface area (Å²) in [5, 5.41) is 36.4. The zero-order chi connectivity index (χ0) is 25.7. The van der Waals surface area contributed by atoms with Gasteiger partial charge in [-0.15, -0.1) is 10.2 Å². The summed E-state index contributed by atoms with van der Waals surface area (Å²) in [5.74, 6) is -0.243. The molecule has 0 spiro atoms. The van der Waals surface area contributed by atoms with E-state index in [1.54, 1.807) is 49.4 Å². The number of allylic oxidation sites excluding steroid dienone is 1. The zero-order valence-electron chi connectivity index (χ0n) is 19.3. The van der Waals surface area contributed by atoms with Crippen molar-refractivity contribution in [3.63, 3.8) is 0 Å². The lowest BCUT2D eigenvalue weighted by Crippen LogP contribution is -2.21. The lowest BCUT2D eigenvalue weighted by atomic mass is 10.0. The Morgan fingerprint density at radius 2 is 1.81 bits per heavy atom. The third-order valence-corrected chi connectivity index (χ3v) is 5.30. The van der Waals surface area contributed by atoms with Crippen LogP contribution in [0, 0.1) is 29.6 Å². The Hall–Kier alpha value is -5.35. The highest BCUT2D eigenvalue weighted by atomic mass is 16.5. The van der Waals surface area contributed by atoms with Crippen LogP contribution in [0.15, 0.2) is 59.6 Å². The molecule has 1 aromatic heterocycles. The van der Waals surface area contributed by atoms with E-state index in [0.717, 1.165) is 4.74 Å². The zero-order valence-corrected chi connectivity index (χ0v) is 19.3. The number of aliphatic imine (C=N–C) groups is 1. The van der Waals surface area contributed by atoms with E-state index in [2.05, 4.69) is 21.3 Å². The number of carbonyl (C=O) groups is 1. The smallest absolute Gasteiger partial charge is 0.283 e. The summed E-state index contributed by atoms with van der Waals surface area (Å²) in [4.78, 5) is 17.5. The van der Waals surface area contributed by atoms with Gasteiger partial charge in [0.1, 0.15) is 11.3 Å². The van der Waals surface area contributed by atoms with Gasteiger partial charge in [-0.25, -0.2) is 4.99 Å². The van der Waals surface area contributed by atoms with Gasteiger partial charge in [-0.3, -0.25) is 10.0 Å². The molecule has 0 unspecified atom stereocenters. The fourth-order valence-electron chi connectivity index (χ4n) is 3.51. The van der Waals surface area contributed by atoms with E-state index in [-0.39, 0.29) is 29.5 Å². The van der Waals surface area contributed by atoms with E-state index in [4.69, 9.17) is 20.0 Å². The minimum absolute atomic E-state index is 0.0297. The number of nitrogens with zero attached hydrogens (tertiary/aromatic N) is 6. The largest absolute Gasteiger partial charge is 0.493 e. The molecule has 0 saturated carbocycles. The maximum Gasteiger partial charge on any atom is 0.283 e. The number of nitriles is 2. The molecular formula is C26H19N6O4+. The maximum absolute atomic E-state index is 13.4. The average molecular weight is 479 g/mol. The Bertz CT molecular complexity index is 1530. The summed E-state index contributed by atoms with van der Waals surface area (Å²) in [5.41, 5.74) is 2.78. The van der Waals surface area contributed by atoms with E-state index in [0.29, 0.717) is 33.7 Å². The quantitative estimate of drug-likeness (QED) is 0.431. The number of hydrogen-bond acceptors (Lipinski definition) is 8. The first kappa shape index (κ1) is 23.8. The Balaban J connectivity index is 1.83. The van der Waals surface area contributed by atoms with Gasteiger partial charge in [0.15, 0.2) is 11.5 Å². The topological polar surface area (TPSA) is 144 Å². The van der Waals surface area contributed by atoms with Gasteiger partial charge in [-0.05, 0) is 47.6 Å². The van der Waals surface area contributed by atoms with Gasteiger partial charge in [-0.1, -0.05) is 12.1 Å². The first-order valence-electron chi connectivity index (χ1n) is 10.7. The molecule has 0 fully saturated rings. The number of amides is 1. The second kappa shape index (κ2) is 10.3. The van der Waals surface area contributed by atoms with Crippen molar-refractivity contribution in [3.05, 3.63) is 76.9 Å². The molecule has 0 radical (unpaired) electrons. The fraction of sp³-hybridized carbons (Fsp3) is 0.115. The van der Waals surface area contributed by atoms with Crippen LogP contribution in [0.4, 0.5) is 0 Å². The molecule has 0 bridgehead atoms. The fourth-order valence-corrected chi connectivity index (χ4v) is 3.51. The summed E-state index contributed by atoms with van der Waals surface area (Å²) < 4.78 is 12.2.